The molecule has 0 spiro atoms. The highest BCUT2D eigenvalue weighted by Crippen LogP contribution is 2.30. The number of carboxylic acid groups (broad SMARTS) is 1. The van der Waals surface area contributed by atoms with E-state index in [2.05, 4.69) is 15.9 Å². The molecule has 0 fully saturated rings. The minimum atomic E-state index is -0.836. The Hall–Kier alpha value is -0.680. The van der Waals surface area contributed by atoms with Gasteiger partial charge in [-0.05, 0) is 25.1 Å². The number of carboxylic acids is 1. The molecule has 5 heteroatoms. The number of carbonyl (C=O) groups is 1. The summed E-state index contributed by atoms with van der Waals surface area (Å²) in [5.41, 5.74) is 6.32. The summed E-state index contributed by atoms with van der Waals surface area (Å²) in [6.07, 6.45) is 0. The molecule has 0 aromatic heterocycles. The van der Waals surface area contributed by atoms with Gasteiger partial charge < -0.3 is 10.8 Å². The second-order valence-electron chi connectivity index (χ2n) is 2.78. The molecule has 0 aliphatic heterocycles. The van der Waals surface area contributed by atoms with E-state index in [1.54, 1.807) is 13.0 Å². The molecule has 0 saturated heterocycles. The Morgan fingerprint density at radius 2 is 2.29 bits per heavy atom. The Labute approximate surface area is 94.8 Å². The van der Waals surface area contributed by atoms with Gasteiger partial charge in [0.2, 0.25) is 0 Å². The van der Waals surface area contributed by atoms with Gasteiger partial charge in [0.1, 0.15) is 5.25 Å². The van der Waals surface area contributed by atoms with Gasteiger partial charge in [0.05, 0.1) is 0 Å². The SMILES string of the molecule is CC(Sc1ccc(Br)cc1N)C(=O)O. The first-order valence-electron chi connectivity index (χ1n) is 3.95. The summed E-state index contributed by atoms with van der Waals surface area (Å²) in [7, 11) is 0. The molecule has 1 aromatic carbocycles. The number of benzene rings is 1. The fraction of sp³-hybridized carbons (Fsp3) is 0.222. The van der Waals surface area contributed by atoms with Gasteiger partial charge in [0, 0.05) is 15.1 Å². The van der Waals surface area contributed by atoms with Crippen molar-refractivity contribution in [1.82, 2.24) is 0 Å². The second-order valence-corrected chi connectivity index (χ2v) is 5.08. The largest absolute Gasteiger partial charge is 0.480 e. The van der Waals surface area contributed by atoms with E-state index in [1.807, 2.05) is 12.1 Å². The Kier molecular flexibility index (Phi) is 3.83. The van der Waals surface area contributed by atoms with E-state index in [0.29, 0.717) is 5.69 Å². The van der Waals surface area contributed by atoms with E-state index in [-0.39, 0.29) is 0 Å². The second kappa shape index (κ2) is 4.70. The number of anilines is 1. The Morgan fingerprint density at radius 1 is 1.64 bits per heavy atom. The van der Waals surface area contributed by atoms with E-state index >= 15 is 0 Å². The fourth-order valence-corrected chi connectivity index (χ4v) is 2.07. The van der Waals surface area contributed by atoms with Crippen LogP contribution in [0.15, 0.2) is 27.6 Å². The zero-order valence-electron chi connectivity index (χ0n) is 7.53. The summed E-state index contributed by atoms with van der Waals surface area (Å²) in [4.78, 5) is 11.4. The van der Waals surface area contributed by atoms with Crippen molar-refractivity contribution in [2.24, 2.45) is 0 Å². The molecular formula is C9H10BrNO2S. The van der Waals surface area contributed by atoms with Crippen molar-refractivity contribution in [1.29, 1.82) is 0 Å². The molecule has 0 heterocycles. The number of nitrogens with two attached hydrogens (primary N) is 1. The lowest BCUT2D eigenvalue weighted by molar-refractivity contribution is -0.136. The lowest BCUT2D eigenvalue weighted by Crippen LogP contribution is -2.11. The first-order chi connectivity index (χ1) is 6.50. The highest BCUT2D eigenvalue weighted by atomic mass is 79.9. The average Bonchev–Trinajstić information content (AvgIpc) is 2.09. The fourth-order valence-electron chi connectivity index (χ4n) is 0.868. The zero-order valence-corrected chi connectivity index (χ0v) is 9.93. The van der Waals surface area contributed by atoms with Gasteiger partial charge >= 0.3 is 5.97 Å². The maximum absolute atomic E-state index is 10.6. The van der Waals surface area contributed by atoms with E-state index in [1.165, 1.54) is 11.8 Å². The van der Waals surface area contributed by atoms with Gasteiger partial charge in [0.15, 0.2) is 0 Å². The van der Waals surface area contributed by atoms with E-state index in [9.17, 15) is 4.79 Å². The van der Waals surface area contributed by atoms with E-state index in [4.69, 9.17) is 10.8 Å². The zero-order chi connectivity index (χ0) is 10.7. The minimum absolute atomic E-state index is 0.488. The highest BCUT2D eigenvalue weighted by Gasteiger charge is 2.13. The predicted molar refractivity (Wildman–Crippen MR) is 61.5 cm³/mol. The van der Waals surface area contributed by atoms with Crippen LogP contribution in [0, 0.1) is 0 Å². The maximum Gasteiger partial charge on any atom is 0.316 e. The number of aliphatic carboxylic acids is 1. The minimum Gasteiger partial charge on any atom is -0.480 e. The molecule has 0 amide bonds. The first-order valence-corrected chi connectivity index (χ1v) is 5.62. The normalized spacial score (nSPS) is 12.4. The third-order valence-electron chi connectivity index (χ3n) is 1.62. The average molecular weight is 276 g/mol. The molecule has 0 saturated carbocycles. The van der Waals surface area contributed by atoms with Gasteiger partial charge in [-0.2, -0.15) is 0 Å². The predicted octanol–water partition coefficient (Wildman–Crippen LogP) is 2.60. The van der Waals surface area contributed by atoms with Crippen molar-refractivity contribution in [2.45, 2.75) is 17.1 Å². The van der Waals surface area contributed by atoms with Crippen LogP contribution in [-0.4, -0.2) is 16.3 Å². The molecule has 1 atom stereocenters. The summed E-state index contributed by atoms with van der Waals surface area (Å²) < 4.78 is 0.891. The standard InChI is InChI=1S/C9H10BrNO2S/c1-5(9(12)13)14-8-3-2-6(10)4-7(8)11/h2-5H,11H2,1H3,(H,12,13). The lowest BCUT2D eigenvalue weighted by Gasteiger charge is -2.08. The van der Waals surface area contributed by atoms with Crippen LogP contribution in [0.25, 0.3) is 0 Å². The first kappa shape index (κ1) is 11.4. The van der Waals surface area contributed by atoms with Gasteiger partial charge in [-0.15, -0.1) is 11.8 Å². The highest BCUT2D eigenvalue weighted by molar-refractivity contribution is 9.10. The van der Waals surface area contributed by atoms with E-state index in [0.717, 1.165) is 9.37 Å². The summed E-state index contributed by atoms with van der Waals surface area (Å²) in [5.74, 6) is -0.836. The van der Waals surface area contributed by atoms with Gasteiger partial charge in [-0.1, -0.05) is 15.9 Å². The number of hydrogen-bond acceptors (Lipinski definition) is 3. The summed E-state index contributed by atoms with van der Waals surface area (Å²) in [5, 5.41) is 8.23. The number of thioether (sulfide) groups is 1. The molecule has 3 N–H and O–H groups in total. The van der Waals surface area contributed by atoms with Gasteiger partial charge in [-0.25, -0.2) is 0 Å². The topological polar surface area (TPSA) is 63.3 Å². The van der Waals surface area contributed by atoms with Crippen molar-refractivity contribution >= 4 is 39.3 Å². The van der Waals surface area contributed by atoms with Crippen LogP contribution in [0.4, 0.5) is 5.69 Å². The maximum atomic E-state index is 10.6. The molecule has 14 heavy (non-hydrogen) atoms. The van der Waals surface area contributed by atoms with Crippen molar-refractivity contribution in [3.05, 3.63) is 22.7 Å². The molecule has 1 aromatic rings. The van der Waals surface area contributed by atoms with Crippen LogP contribution < -0.4 is 5.73 Å². The summed E-state index contributed by atoms with van der Waals surface area (Å²) in [6, 6.07) is 5.41. The van der Waals surface area contributed by atoms with Crippen LogP contribution >= 0.6 is 27.7 Å². The Morgan fingerprint density at radius 3 is 2.79 bits per heavy atom. The summed E-state index contributed by atoms with van der Waals surface area (Å²) in [6.45, 7) is 1.63. The van der Waals surface area contributed by atoms with Crippen LogP contribution in [0.5, 0.6) is 0 Å². The molecular weight excluding hydrogens is 266 g/mol. The quantitative estimate of drug-likeness (QED) is 0.658. The molecule has 1 rings (SSSR count). The monoisotopic (exact) mass is 275 g/mol. The van der Waals surface area contributed by atoms with Crippen molar-refractivity contribution in [3.63, 3.8) is 0 Å². The van der Waals surface area contributed by atoms with Crippen molar-refractivity contribution in [3.8, 4) is 0 Å². The number of hydrogen-bond donors (Lipinski definition) is 2. The third-order valence-corrected chi connectivity index (χ3v) is 3.30. The number of rotatable bonds is 3. The van der Waals surface area contributed by atoms with Gasteiger partial charge in [0.25, 0.3) is 0 Å². The lowest BCUT2D eigenvalue weighted by atomic mass is 10.3. The third kappa shape index (κ3) is 2.92. The molecule has 3 nitrogen and oxygen atoms in total. The smallest absolute Gasteiger partial charge is 0.316 e. The molecule has 0 radical (unpaired) electrons. The molecule has 0 aliphatic rings. The van der Waals surface area contributed by atoms with Crippen LogP contribution in [0.1, 0.15) is 6.92 Å². The number of halogens is 1. The van der Waals surface area contributed by atoms with E-state index < -0.39 is 11.2 Å². The Bertz CT molecular complexity index is 357. The van der Waals surface area contributed by atoms with Crippen LogP contribution in [0.3, 0.4) is 0 Å². The van der Waals surface area contributed by atoms with Crippen LogP contribution in [-0.2, 0) is 4.79 Å². The van der Waals surface area contributed by atoms with Crippen molar-refractivity contribution < 1.29 is 9.90 Å². The summed E-state index contributed by atoms with van der Waals surface area (Å²) >= 11 is 4.53. The molecule has 0 aliphatic carbocycles. The molecule has 1 unspecified atom stereocenters. The van der Waals surface area contributed by atoms with Crippen LogP contribution in [0.2, 0.25) is 0 Å². The number of nitrogen functional groups attached to an aromatic ring is 1. The molecule has 76 valence electrons. The molecule has 0 bridgehead atoms. The van der Waals surface area contributed by atoms with Crippen molar-refractivity contribution in [2.75, 3.05) is 5.73 Å². The van der Waals surface area contributed by atoms with Gasteiger partial charge in [-0.3, -0.25) is 4.79 Å². The Balaban J connectivity index is 2.82.